The number of fused-ring (bicyclic) bond motifs is 9. The molecule has 0 fully saturated rings. The van der Waals surface area contributed by atoms with E-state index in [1.54, 1.807) is 0 Å². The number of benzene rings is 9. The number of hydrogen-bond acceptors (Lipinski definition) is 3. The van der Waals surface area contributed by atoms with E-state index in [4.69, 9.17) is 4.42 Å². The van der Waals surface area contributed by atoms with E-state index >= 15 is 0 Å². The Balaban J connectivity index is 1.12. The zero-order chi connectivity index (χ0) is 34.9. The van der Waals surface area contributed by atoms with Gasteiger partial charge in [-0.1, -0.05) is 146 Å². The molecule has 0 radical (unpaired) electrons. The molecule has 11 rings (SSSR count). The second-order valence-electron chi connectivity index (χ2n) is 13.7. The molecule has 3 heteroatoms. The van der Waals surface area contributed by atoms with Gasteiger partial charge in [0.1, 0.15) is 5.58 Å². The predicted molar refractivity (Wildman–Crippen MR) is 227 cm³/mol. The van der Waals surface area contributed by atoms with Gasteiger partial charge in [0.2, 0.25) is 0 Å². The van der Waals surface area contributed by atoms with Crippen LogP contribution < -0.4 is 4.90 Å². The molecular formula is C50H31NOS. The van der Waals surface area contributed by atoms with Crippen LogP contribution in [0, 0.1) is 0 Å². The summed E-state index contributed by atoms with van der Waals surface area (Å²) in [4.78, 5) is 2.39. The molecule has 2 heterocycles. The zero-order valence-electron chi connectivity index (χ0n) is 28.7. The Morgan fingerprint density at radius 1 is 0.377 bits per heavy atom. The average molecular weight is 694 g/mol. The molecule has 53 heavy (non-hydrogen) atoms. The lowest BCUT2D eigenvalue weighted by molar-refractivity contribution is 0.670. The maximum absolute atomic E-state index is 7.00. The molecule has 0 N–H and O–H groups in total. The van der Waals surface area contributed by atoms with Crippen LogP contribution >= 0.6 is 11.3 Å². The molecule has 0 saturated heterocycles. The topological polar surface area (TPSA) is 16.4 Å². The van der Waals surface area contributed by atoms with Crippen molar-refractivity contribution in [3.05, 3.63) is 188 Å². The summed E-state index contributed by atoms with van der Waals surface area (Å²) in [5, 5.41) is 9.79. The summed E-state index contributed by atoms with van der Waals surface area (Å²) < 4.78 is 9.54. The van der Waals surface area contributed by atoms with Crippen molar-refractivity contribution in [1.29, 1.82) is 0 Å². The van der Waals surface area contributed by atoms with Gasteiger partial charge in [0.05, 0.1) is 11.4 Å². The first-order chi connectivity index (χ1) is 26.3. The summed E-state index contributed by atoms with van der Waals surface area (Å²) in [6.45, 7) is 0. The highest BCUT2D eigenvalue weighted by Crippen LogP contribution is 2.48. The highest BCUT2D eigenvalue weighted by molar-refractivity contribution is 7.26. The fourth-order valence-corrected chi connectivity index (χ4v) is 9.30. The van der Waals surface area contributed by atoms with E-state index in [9.17, 15) is 0 Å². The summed E-state index contributed by atoms with van der Waals surface area (Å²) in [6.07, 6.45) is 0. The lowest BCUT2D eigenvalue weighted by Gasteiger charge is -2.26. The summed E-state index contributed by atoms with van der Waals surface area (Å²) in [5.74, 6) is 0. The van der Waals surface area contributed by atoms with Gasteiger partial charge < -0.3 is 9.32 Å². The van der Waals surface area contributed by atoms with Crippen molar-refractivity contribution in [3.8, 4) is 22.3 Å². The molecule has 0 aliphatic rings. The Kier molecular flexibility index (Phi) is 6.76. The molecule has 11 aromatic rings. The van der Waals surface area contributed by atoms with E-state index in [1.807, 2.05) is 11.3 Å². The highest BCUT2D eigenvalue weighted by Gasteiger charge is 2.23. The van der Waals surface area contributed by atoms with Crippen molar-refractivity contribution >= 4 is 92.1 Å². The molecule has 0 atom stereocenters. The fourth-order valence-electron chi connectivity index (χ4n) is 8.17. The van der Waals surface area contributed by atoms with E-state index in [0.717, 1.165) is 50.1 Å². The van der Waals surface area contributed by atoms with Gasteiger partial charge in [-0.05, 0) is 80.7 Å². The van der Waals surface area contributed by atoms with Crippen LogP contribution in [0.3, 0.4) is 0 Å². The first-order valence-corrected chi connectivity index (χ1v) is 18.8. The van der Waals surface area contributed by atoms with Gasteiger partial charge >= 0.3 is 0 Å². The summed E-state index contributed by atoms with van der Waals surface area (Å²) in [5.41, 5.74) is 9.58. The number of rotatable bonds is 5. The lowest BCUT2D eigenvalue weighted by Crippen LogP contribution is -2.10. The average Bonchev–Trinajstić information content (AvgIpc) is 3.81. The fraction of sp³-hybridized carbons (Fsp3) is 0. The van der Waals surface area contributed by atoms with Crippen LogP contribution in [0.25, 0.3) is 85.9 Å². The molecule has 0 spiro atoms. The van der Waals surface area contributed by atoms with Crippen molar-refractivity contribution in [1.82, 2.24) is 0 Å². The van der Waals surface area contributed by atoms with Gasteiger partial charge in [-0.2, -0.15) is 0 Å². The molecule has 2 aromatic heterocycles. The van der Waals surface area contributed by atoms with Gasteiger partial charge in [-0.25, -0.2) is 0 Å². The molecule has 248 valence electrons. The van der Waals surface area contributed by atoms with Crippen molar-refractivity contribution in [2.75, 3.05) is 4.90 Å². The van der Waals surface area contributed by atoms with E-state index in [0.29, 0.717) is 0 Å². The first kappa shape index (κ1) is 30.0. The Bertz CT molecular complexity index is 3170. The lowest BCUT2D eigenvalue weighted by atomic mass is 9.97. The number of nitrogens with zero attached hydrogens (tertiary/aromatic N) is 1. The highest BCUT2D eigenvalue weighted by atomic mass is 32.1. The smallest absolute Gasteiger partial charge is 0.159 e. The zero-order valence-corrected chi connectivity index (χ0v) is 29.5. The van der Waals surface area contributed by atoms with Gasteiger partial charge in [-0.15, -0.1) is 11.3 Å². The summed E-state index contributed by atoms with van der Waals surface area (Å²) in [7, 11) is 0. The van der Waals surface area contributed by atoms with Crippen LogP contribution in [0.2, 0.25) is 0 Å². The second kappa shape index (κ2) is 11.9. The van der Waals surface area contributed by atoms with E-state index in [1.165, 1.54) is 52.8 Å². The molecule has 9 aromatic carbocycles. The van der Waals surface area contributed by atoms with Crippen molar-refractivity contribution in [3.63, 3.8) is 0 Å². The van der Waals surface area contributed by atoms with Crippen LogP contribution in [0.4, 0.5) is 17.1 Å². The maximum Gasteiger partial charge on any atom is 0.159 e. The first-order valence-electron chi connectivity index (χ1n) is 18.0. The monoisotopic (exact) mass is 693 g/mol. The van der Waals surface area contributed by atoms with Crippen molar-refractivity contribution in [2.24, 2.45) is 0 Å². The molecule has 0 aliphatic heterocycles. The minimum absolute atomic E-state index is 0.869. The third-order valence-corrected chi connectivity index (χ3v) is 11.8. The van der Waals surface area contributed by atoms with Crippen LogP contribution in [-0.2, 0) is 0 Å². The van der Waals surface area contributed by atoms with Crippen LogP contribution in [0.15, 0.2) is 192 Å². The van der Waals surface area contributed by atoms with Crippen molar-refractivity contribution < 1.29 is 4.42 Å². The maximum atomic E-state index is 7.00. The number of anilines is 3. The molecule has 0 saturated carbocycles. The Morgan fingerprint density at radius 3 is 1.91 bits per heavy atom. The standard InChI is InChI=1S/C50H31NOS/c1-2-11-33(12-3-1)40-16-8-17-41-42-18-9-20-45(50(42)52-49(40)41)51(44-19-10-22-47-48(44)43-15-6-7-21-46(43)53-47)37-28-25-32(26-29-37)35-27-30-39-36(31-35)24-23-34-13-4-5-14-38(34)39/h1-31H. The number of para-hydroxylation sites is 2. The van der Waals surface area contributed by atoms with Crippen LogP contribution in [0.1, 0.15) is 0 Å². The number of furan rings is 1. The normalized spacial score (nSPS) is 11.8. The Morgan fingerprint density at radius 2 is 1.02 bits per heavy atom. The van der Waals surface area contributed by atoms with Gasteiger partial charge in [0.15, 0.2) is 5.58 Å². The van der Waals surface area contributed by atoms with E-state index < -0.39 is 0 Å². The van der Waals surface area contributed by atoms with Gasteiger partial charge in [0, 0.05) is 42.2 Å². The minimum atomic E-state index is 0.869. The molecule has 0 unspecified atom stereocenters. The largest absolute Gasteiger partial charge is 0.453 e. The van der Waals surface area contributed by atoms with Crippen LogP contribution in [0.5, 0.6) is 0 Å². The number of hydrogen-bond donors (Lipinski definition) is 0. The molecular weight excluding hydrogens is 663 g/mol. The molecule has 0 aliphatic carbocycles. The summed E-state index contributed by atoms with van der Waals surface area (Å²) in [6, 6.07) is 67.8. The third-order valence-electron chi connectivity index (χ3n) is 10.7. The Labute approximate surface area is 310 Å². The van der Waals surface area contributed by atoms with E-state index in [2.05, 4.69) is 193 Å². The second-order valence-corrected chi connectivity index (χ2v) is 14.7. The minimum Gasteiger partial charge on any atom is -0.453 e. The van der Waals surface area contributed by atoms with Gasteiger partial charge in [0.25, 0.3) is 0 Å². The van der Waals surface area contributed by atoms with E-state index in [-0.39, 0.29) is 0 Å². The van der Waals surface area contributed by atoms with Crippen molar-refractivity contribution in [2.45, 2.75) is 0 Å². The predicted octanol–water partition coefficient (Wildman–Crippen LogP) is 15.1. The third kappa shape index (κ3) is 4.78. The quantitative estimate of drug-likeness (QED) is 0.167. The number of thiophene rings is 1. The Hall–Kier alpha value is -6.68. The van der Waals surface area contributed by atoms with Gasteiger partial charge in [-0.3, -0.25) is 0 Å². The molecule has 0 amide bonds. The molecule has 2 nitrogen and oxygen atoms in total. The summed E-state index contributed by atoms with van der Waals surface area (Å²) >= 11 is 1.84. The van der Waals surface area contributed by atoms with Crippen LogP contribution in [-0.4, -0.2) is 0 Å². The SMILES string of the molecule is c1ccc(-c2cccc3c2oc2c(N(c4ccc(-c5ccc6c(ccc7ccccc76)c5)cc4)c4cccc5sc6ccccc6c45)cccc23)cc1. The molecule has 0 bridgehead atoms.